The van der Waals surface area contributed by atoms with Gasteiger partial charge in [0.15, 0.2) is 0 Å². The average Bonchev–Trinajstić information content (AvgIpc) is 3.26. The van der Waals surface area contributed by atoms with E-state index in [0.29, 0.717) is 12.4 Å². The Morgan fingerprint density at radius 3 is 2.53 bits per heavy atom. The van der Waals surface area contributed by atoms with Gasteiger partial charge in [-0.2, -0.15) is 0 Å². The lowest BCUT2D eigenvalue weighted by Gasteiger charge is -2.09. The van der Waals surface area contributed by atoms with Crippen molar-refractivity contribution in [1.29, 1.82) is 0 Å². The Morgan fingerprint density at radius 2 is 1.69 bits per heavy atom. The summed E-state index contributed by atoms with van der Waals surface area (Å²) >= 11 is 0. The van der Waals surface area contributed by atoms with Crippen molar-refractivity contribution < 1.29 is 13.9 Å². The molecule has 158 valence electrons. The highest BCUT2D eigenvalue weighted by Crippen LogP contribution is 2.34. The molecule has 0 saturated carbocycles. The summed E-state index contributed by atoms with van der Waals surface area (Å²) in [5, 5.41) is 0.907. The van der Waals surface area contributed by atoms with Crippen LogP contribution < -0.4 is 9.47 Å². The molecular formula is C27H21FN2O2. The lowest BCUT2D eigenvalue weighted by Crippen LogP contribution is -1.96. The fourth-order valence-corrected chi connectivity index (χ4v) is 3.75. The number of rotatable bonds is 6. The fraction of sp³-hybridized carbons (Fsp3) is 0.0741. The predicted molar refractivity (Wildman–Crippen MR) is 124 cm³/mol. The third kappa shape index (κ3) is 4.05. The zero-order valence-corrected chi connectivity index (χ0v) is 17.5. The molecule has 5 heteroatoms. The molecule has 32 heavy (non-hydrogen) atoms. The summed E-state index contributed by atoms with van der Waals surface area (Å²) < 4.78 is 25.7. The first-order chi connectivity index (χ1) is 15.7. The highest BCUT2D eigenvalue weighted by atomic mass is 19.1. The van der Waals surface area contributed by atoms with Gasteiger partial charge >= 0.3 is 0 Å². The number of aromatic nitrogens is 2. The van der Waals surface area contributed by atoms with E-state index in [-0.39, 0.29) is 5.82 Å². The number of benzene rings is 3. The molecule has 0 spiro atoms. The first kappa shape index (κ1) is 19.8. The van der Waals surface area contributed by atoms with Crippen molar-refractivity contribution in [3.8, 4) is 33.8 Å². The van der Waals surface area contributed by atoms with Gasteiger partial charge in [-0.25, -0.2) is 9.37 Å². The van der Waals surface area contributed by atoms with Crippen molar-refractivity contribution >= 4 is 11.0 Å². The Bertz CT molecular complexity index is 1380. The van der Waals surface area contributed by atoms with E-state index in [0.717, 1.165) is 44.6 Å². The van der Waals surface area contributed by atoms with E-state index < -0.39 is 0 Å². The molecule has 0 unspecified atom stereocenters. The molecule has 0 saturated heterocycles. The summed E-state index contributed by atoms with van der Waals surface area (Å²) in [5.41, 5.74) is 5.30. The van der Waals surface area contributed by atoms with Crippen LogP contribution in [-0.4, -0.2) is 17.1 Å². The number of fused-ring (bicyclic) bond motifs is 1. The van der Waals surface area contributed by atoms with Crippen LogP contribution in [0, 0.1) is 5.82 Å². The van der Waals surface area contributed by atoms with Gasteiger partial charge in [-0.15, -0.1) is 0 Å². The molecule has 0 fully saturated rings. The van der Waals surface area contributed by atoms with Crippen LogP contribution in [0.3, 0.4) is 0 Å². The average molecular weight is 424 g/mol. The minimum Gasteiger partial charge on any atom is -0.497 e. The van der Waals surface area contributed by atoms with Crippen LogP contribution in [0.1, 0.15) is 5.56 Å². The Kier molecular flexibility index (Phi) is 5.30. The van der Waals surface area contributed by atoms with Crippen LogP contribution in [0.25, 0.3) is 33.3 Å². The third-order valence-electron chi connectivity index (χ3n) is 5.36. The smallest absolute Gasteiger partial charge is 0.137 e. The number of aromatic amines is 1. The van der Waals surface area contributed by atoms with E-state index in [4.69, 9.17) is 9.47 Å². The minimum absolute atomic E-state index is 0.350. The molecule has 0 aliphatic carbocycles. The lowest BCUT2D eigenvalue weighted by atomic mass is 10.0. The molecule has 3 aromatic carbocycles. The monoisotopic (exact) mass is 424 g/mol. The largest absolute Gasteiger partial charge is 0.497 e. The van der Waals surface area contributed by atoms with Crippen molar-refractivity contribution in [2.75, 3.05) is 7.11 Å². The number of nitrogens with one attached hydrogen (secondary N) is 1. The van der Waals surface area contributed by atoms with Gasteiger partial charge in [-0.3, -0.25) is 0 Å². The molecule has 5 aromatic rings. The number of ether oxygens (including phenoxy) is 2. The Hall–Kier alpha value is -4.12. The van der Waals surface area contributed by atoms with E-state index in [1.54, 1.807) is 7.11 Å². The van der Waals surface area contributed by atoms with Crippen molar-refractivity contribution in [1.82, 2.24) is 9.97 Å². The highest BCUT2D eigenvalue weighted by molar-refractivity contribution is 5.96. The molecule has 1 N–H and O–H groups in total. The second-order valence-electron chi connectivity index (χ2n) is 7.50. The summed E-state index contributed by atoms with van der Waals surface area (Å²) in [7, 11) is 1.65. The van der Waals surface area contributed by atoms with E-state index in [9.17, 15) is 4.39 Å². The third-order valence-corrected chi connectivity index (χ3v) is 5.36. The molecular weight excluding hydrogens is 403 g/mol. The number of H-pyrrole nitrogens is 1. The molecule has 0 atom stereocenters. The normalized spacial score (nSPS) is 10.9. The van der Waals surface area contributed by atoms with Crippen LogP contribution in [0.5, 0.6) is 11.5 Å². The van der Waals surface area contributed by atoms with Gasteiger partial charge in [0.05, 0.1) is 7.11 Å². The number of methoxy groups -OCH3 is 1. The maximum atomic E-state index is 14.5. The number of hydrogen-bond acceptors (Lipinski definition) is 3. The lowest BCUT2D eigenvalue weighted by molar-refractivity contribution is 0.305. The van der Waals surface area contributed by atoms with Crippen LogP contribution in [-0.2, 0) is 6.61 Å². The Labute approximate surface area is 185 Å². The quantitative estimate of drug-likeness (QED) is 0.333. The molecule has 0 amide bonds. The number of halogens is 1. The van der Waals surface area contributed by atoms with E-state index in [1.165, 1.54) is 12.1 Å². The maximum absolute atomic E-state index is 14.5. The highest BCUT2D eigenvalue weighted by Gasteiger charge is 2.12. The molecule has 2 aromatic heterocycles. The van der Waals surface area contributed by atoms with Crippen molar-refractivity contribution in [2.45, 2.75) is 6.61 Å². The van der Waals surface area contributed by atoms with Gasteiger partial charge in [0.2, 0.25) is 0 Å². The van der Waals surface area contributed by atoms with E-state index in [2.05, 4.69) is 16.0 Å². The van der Waals surface area contributed by atoms with Crippen molar-refractivity contribution in [3.63, 3.8) is 0 Å². The van der Waals surface area contributed by atoms with Crippen LogP contribution in [0.15, 0.2) is 91.3 Å². The second-order valence-corrected chi connectivity index (χ2v) is 7.50. The fourth-order valence-electron chi connectivity index (χ4n) is 3.75. The zero-order chi connectivity index (χ0) is 21.9. The van der Waals surface area contributed by atoms with Gasteiger partial charge in [0, 0.05) is 35.0 Å². The molecule has 0 bridgehead atoms. The summed E-state index contributed by atoms with van der Waals surface area (Å²) in [5.74, 6) is 0.911. The Morgan fingerprint density at radius 1 is 0.844 bits per heavy atom. The predicted octanol–water partition coefficient (Wildman–Crippen LogP) is 6.62. The maximum Gasteiger partial charge on any atom is 0.137 e. The van der Waals surface area contributed by atoms with Gasteiger partial charge in [0.25, 0.3) is 0 Å². The van der Waals surface area contributed by atoms with E-state index >= 15 is 0 Å². The number of pyridine rings is 1. The molecule has 0 aliphatic heterocycles. The molecule has 4 nitrogen and oxygen atoms in total. The molecule has 2 heterocycles. The van der Waals surface area contributed by atoms with Gasteiger partial charge in [-0.1, -0.05) is 42.5 Å². The van der Waals surface area contributed by atoms with Gasteiger partial charge in [0.1, 0.15) is 29.6 Å². The minimum atomic E-state index is -0.350. The number of nitrogens with zero attached hydrogens (tertiary/aromatic N) is 1. The standard InChI is InChI=1S/C27H21FN2O2/c1-31-23-9-5-8-19(11-23)21-13-25-26(16-30-27(25)29-15-21)20-10-22(28)14-24(12-20)32-17-18-6-3-2-4-7-18/h2-16H,17H2,1H3,(H,29,30). The van der Waals surface area contributed by atoms with Gasteiger partial charge in [-0.05, 0) is 47.0 Å². The summed E-state index contributed by atoms with van der Waals surface area (Å²) in [6.45, 7) is 0.374. The van der Waals surface area contributed by atoms with E-state index in [1.807, 2.05) is 73.1 Å². The zero-order valence-electron chi connectivity index (χ0n) is 17.5. The summed E-state index contributed by atoms with van der Waals surface area (Å²) in [6.07, 6.45) is 3.67. The first-order valence-electron chi connectivity index (χ1n) is 10.3. The Balaban J connectivity index is 1.50. The second kappa shape index (κ2) is 8.55. The molecule has 5 rings (SSSR count). The van der Waals surface area contributed by atoms with Crippen LogP contribution >= 0.6 is 0 Å². The van der Waals surface area contributed by atoms with Crippen molar-refractivity contribution in [2.24, 2.45) is 0 Å². The topological polar surface area (TPSA) is 47.1 Å². The first-order valence-corrected chi connectivity index (χ1v) is 10.3. The molecule has 0 aliphatic rings. The molecule has 0 radical (unpaired) electrons. The van der Waals surface area contributed by atoms with Crippen molar-refractivity contribution in [3.05, 3.63) is 103 Å². The summed E-state index contributed by atoms with van der Waals surface area (Å²) in [4.78, 5) is 7.74. The number of hydrogen-bond donors (Lipinski definition) is 1. The SMILES string of the molecule is COc1cccc(-c2cnc3[nH]cc(-c4cc(F)cc(OCc5ccccc5)c4)c3c2)c1. The van der Waals surface area contributed by atoms with Crippen LogP contribution in [0.2, 0.25) is 0 Å². The van der Waals surface area contributed by atoms with Crippen LogP contribution in [0.4, 0.5) is 4.39 Å². The summed E-state index contributed by atoms with van der Waals surface area (Å²) in [6, 6.07) is 24.5. The van der Waals surface area contributed by atoms with Gasteiger partial charge < -0.3 is 14.5 Å².